The molecule has 8 nitrogen and oxygen atoms in total. The third kappa shape index (κ3) is 7.71. The number of rotatable bonds is 10. The van der Waals surface area contributed by atoms with Crippen LogP contribution < -0.4 is 14.4 Å². The van der Waals surface area contributed by atoms with Gasteiger partial charge in [0.1, 0.15) is 18.3 Å². The summed E-state index contributed by atoms with van der Waals surface area (Å²) in [6.07, 6.45) is 6.27. The van der Waals surface area contributed by atoms with Gasteiger partial charge in [0.05, 0.1) is 19.1 Å². The van der Waals surface area contributed by atoms with Crippen molar-refractivity contribution in [1.82, 2.24) is 10.2 Å². The third-order valence-electron chi connectivity index (χ3n) is 7.09. The molecule has 1 unspecified atom stereocenters. The lowest BCUT2D eigenvalue weighted by Gasteiger charge is -2.33. The monoisotopic (exact) mass is 529 g/mol. The molecule has 0 bridgehead atoms. The number of nitrogens with one attached hydrogen (secondary N) is 1. The van der Waals surface area contributed by atoms with Gasteiger partial charge in [0.2, 0.25) is 21.8 Å². The van der Waals surface area contributed by atoms with Crippen molar-refractivity contribution >= 4 is 27.5 Å². The molecule has 2 amide bonds. The number of amides is 2. The fraction of sp³-hybridized carbons (Fsp3) is 0.500. The average Bonchev–Trinajstić information content (AvgIpc) is 2.87. The van der Waals surface area contributed by atoms with Crippen molar-refractivity contribution in [3.05, 3.63) is 59.2 Å². The number of sulfonamides is 1. The van der Waals surface area contributed by atoms with Gasteiger partial charge in [-0.25, -0.2) is 8.42 Å². The highest BCUT2D eigenvalue weighted by molar-refractivity contribution is 7.92. The van der Waals surface area contributed by atoms with Crippen molar-refractivity contribution < 1.29 is 22.7 Å². The van der Waals surface area contributed by atoms with E-state index in [-0.39, 0.29) is 18.5 Å². The highest BCUT2D eigenvalue weighted by atomic mass is 32.2. The van der Waals surface area contributed by atoms with Crippen LogP contribution in [0.5, 0.6) is 5.75 Å². The second kappa shape index (κ2) is 12.4. The molecular weight excluding hydrogens is 490 g/mol. The van der Waals surface area contributed by atoms with Crippen LogP contribution in [0.1, 0.15) is 55.7 Å². The minimum atomic E-state index is -3.76. The van der Waals surface area contributed by atoms with Gasteiger partial charge in [0.15, 0.2) is 0 Å². The quantitative estimate of drug-likeness (QED) is 0.503. The summed E-state index contributed by atoms with van der Waals surface area (Å²) in [5, 5.41) is 3.10. The molecule has 0 radical (unpaired) electrons. The van der Waals surface area contributed by atoms with Crippen molar-refractivity contribution in [3.8, 4) is 5.75 Å². The summed E-state index contributed by atoms with van der Waals surface area (Å²) >= 11 is 0. The Bertz CT molecular complexity index is 1190. The van der Waals surface area contributed by atoms with Crippen LogP contribution in [0, 0.1) is 13.8 Å². The standard InChI is InChI=1S/C28H39N3O5S/c1-20-11-14-25(17-21(20)2)31(37(5,34)35)19-27(32)30(18-23-12-15-26(36-4)16-13-23)22(3)28(33)29-24-9-7-6-8-10-24/h11-17,22,24H,6-10,18-19H2,1-5H3,(H,29,33). The first-order chi connectivity index (χ1) is 17.5. The van der Waals surface area contributed by atoms with Crippen molar-refractivity contribution in [2.45, 2.75) is 71.5 Å². The second-order valence-corrected chi connectivity index (χ2v) is 11.8. The van der Waals surface area contributed by atoms with Gasteiger partial charge in [-0.1, -0.05) is 37.5 Å². The first-order valence-electron chi connectivity index (χ1n) is 12.8. The zero-order valence-electron chi connectivity index (χ0n) is 22.5. The van der Waals surface area contributed by atoms with Gasteiger partial charge in [-0.15, -0.1) is 0 Å². The minimum absolute atomic E-state index is 0.102. The van der Waals surface area contributed by atoms with Crippen molar-refractivity contribution in [2.24, 2.45) is 0 Å². The van der Waals surface area contributed by atoms with E-state index in [1.165, 1.54) is 11.3 Å². The molecule has 0 aromatic heterocycles. The molecule has 2 aromatic carbocycles. The molecule has 1 saturated carbocycles. The predicted molar refractivity (Wildman–Crippen MR) is 146 cm³/mol. The number of anilines is 1. The first-order valence-corrected chi connectivity index (χ1v) is 14.6. The second-order valence-electron chi connectivity index (χ2n) is 9.93. The Kier molecular flexibility index (Phi) is 9.59. The summed E-state index contributed by atoms with van der Waals surface area (Å²) in [6, 6.07) is 11.9. The van der Waals surface area contributed by atoms with Crippen LogP contribution >= 0.6 is 0 Å². The molecule has 9 heteroatoms. The number of benzene rings is 2. The number of ether oxygens (including phenoxy) is 1. The van der Waals surface area contributed by atoms with Gasteiger partial charge in [-0.2, -0.15) is 0 Å². The highest BCUT2D eigenvalue weighted by Gasteiger charge is 2.31. The number of nitrogens with zero attached hydrogens (tertiary/aromatic N) is 2. The summed E-state index contributed by atoms with van der Waals surface area (Å²) in [5.41, 5.74) is 3.18. The van der Waals surface area contributed by atoms with Crippen LogP contribution in [-0.2, 0) is 26.2 Å². The number of aryl methyl sites for hydroxylation is 2. The van der Waals surface area contributed by atoms with Gasteiger partial charge < -0.3 is 15.0 Å². The molecule has 1 atom stereocenters. The van der Waals surface area contributed by atoms with Gasteiger partial charge in [0.25, 0.3) is 0 Å². The largest absolute Gasteiger partial charge is 0.497 e. The van der Waals surface area contributed by atoms with Crippen molar-refractivity contribution in [3.63, 3.8) is 0 Å². The zero-order chi connectivity index (χ0) is 27.2. The molecular formula is C28H39N3O5S. The minimum Gasteiger partial charge on any atom is -0.497 e. The van der Waals surface area contributed by atoms with Crippen LogP contribution in [0.4, 0.5) is 5.69 Å². The van der Waals surface area contributed by atoms with E-state index < -0.39 is 28.5 Å². The van der Waals surface area contributed by atoms with E-state index in [9.17, 15) is 18.0 Å². The fourth-order valence-electron chi connectivity index (χ4n) is 4.57. The maximum atomic E-state index is 13.7. The Morgan fingerprint density at radius 1 is 1.03 bits per heavy atom. The topological polar surface area (TPSA) is 96.0 Å². The summed E-state index contributed by atoms with van der Waals surface area (Å²) in [6.45, 7) is 5.29. The maximum Gasteiger partial charge on any atom is 0.244 e. The molecule has 202 valence electrons. The van der Waals surface area contributed by atoms with E-state index in [0.29, 0.717) is 11.4 Å². The van der Waals surface area contributed by atoms with E-state index in [1.54, 1.807) is 38.3 Å². The molecule has 2 aromatic rings. The highest BCUT2D eigenvalue weighted by Crippen LogP contribution is 2.23. The molecule has 1 aliphatic carbocycles. The molecule has 37 heavy (non-hydrogen) atoms. The van der Waals surface area contributed by atoms with Crippen LogP contribution in [0.15, 0.2) is 42.5 Å². The Balaban J connectivity index is 1.88. The maximum absolute atomic E-state index is 13.7. The van der Waals surface area contributed by atoms with Crippen LogP contribution in [-0.4, -0.2) is 57.1 Å². The lowest BCUT2D eigenvalue weighted by Crippen LogP contribution is -2.52. The van der Waals surface area contributed by atoms with Gasteiger partial charge in [-0.05, 0) is 74.6 Å². The van der Waals surface area contributed by atoms with E-state index in [4.69, 9.17) is 4.74 Å². The molecule has 0 aliphatic heterocycles. The molecule has 1 aliphatic rings. The Morgan fingerprint density at radius 2 is 1.68 bits per heavy atom. The van der Waals surface area contributed by atoms with E-state index >= 15 is 0 Å². The van der Waals surface area contributed by atoms with Gasteiger partial charge in [-0.3, -0.25) is 13.9 Å². The zero-order valence-corrected chi connectivity index (χ0v) is 23.3. The number of carbonyl (C=O) groups excluding carboxylic acids is 2. The summed E-state index contributed by atoms with van der Waals surface area (Å²) in [4.78, 5) is 28.4. The van der Waals surface area contributed by atoms with E-state index in [1.807, 2.05) is 32.0 Å². The molecule has 1 fully saturated rings. The summed E-state index contributed by atoms with van der Waals surface area (Å²) in [7, 11) is -2.18. The smallest absolute Gasteiger partial charge is 0.244 e. The van der Waals surface area contributed by atoms with Crippen molar-refractivity contribution in [1.29, 1.82) is 0 Å². The van der Waals surface area contributed by atoms with Gasteiger partial charge in [0, 0.05) is 12.6 Å². The first kappa shape index (κ1) is 28.5. The lowest BCUT2D eigenvalue weighted by atomic mass is 9.95. The third-order valence-corrected chi connectivity index (χ3v) is 8.23. The van der Waals surface area contributed by atoms with Crippen LogP contribution in [0.2, 0.25) is 0 Å². The van der Waals surface area contributed by atoms with E-state index in [2.05, 4.69) is 5.32 Å². The average molecular weight is 530 g/mol. The Labute approximate surface area is 221 Å². The molecule has 0 saturated heterocycles. The fourth-order valence-corrected chi connectivity index (χ4v) is 5.41. The summed E-state index contributed by atoms with van der Waals surface area (Å²) < 4.78 is 31.8. The normalized spacial score (nSPS) is 15.1. The Morgan fingerprint density at radius 3 is 2.24 bits per heavy atom. The molecule has 3 rings (SSSR count). The molecule has 0 spiro atoms. The molecule has 1 N–H and O–H groups in total. The number of methoxy groups -OCH3 is 1. The number of carbonyl (C=O) groups is 2. The van der Waals surface area contributed by atoms with Gasteiger partial charge >= 0.3 is 0 Å². The van der Waals surface area contributed by atoms with Crippen molar-refractivity contribution in [2.75, 3.05) is 24.2 Å². The number of hydrogen-bond donors (Lipinski definition) is 1. The Hall–Kier alpha value is -3.07. The van der Waals surface area contributed by atoms with Crippen LogP contribution in [0.3, 0.4) is 0 Å². The van der Waals surface area contributed by atoms with Crippen LogP contribution in [0.25, 0.3) is 0 Å². The number of hydrogen-bond acceptors (Lipinski definition) is 5. The van der Waals surface area contributed by atoms with E-state index in [0.717, 1.165) is 52.9 Å². The summed E-state index contributed by atoms with van der Waals surface area (Å²) in [5.74, 6) is -0.000628. The lowest BCUT2D eigenvalue weighted by molar-refractivity contribution is -0.139. The SMILES string of the molecule is COc1ccc(CN(C(=O)CN(c2ccc(C)c(C)c2)S(C)(=O)=O)C(C)C(=O)NC2CCCCC2)cc1. The molecule has 0 heterocycles. The predicted octanol–water partition coefficient (Wildman–Crippen LogP) is 3.94.